The maximum absolute atomic E-state index is 13.4. The molecule has 3 rings (SSSR count). The van der Waals surface area contributed by atoms with E-state index in [2.05, 4.69) is 33.6 Å². The molecule has 4 unspecified atom stereocenters. The number of amides is 4. The van der Waals surface area contributed by atoms with Crippen LogP contribution in [0.15, 0.2) is 54.7 Å². The Labute approximate surface area is 240 Å². The Bertz CT molecular complexity index is 1410. The van der Waals surface area contributed by atoms with Gasteiger partial charge in [-0.25, -0.2) is 4.79 Å². The summed E-state index contributed by atoms with van der Waals surface area (Å²) in [6.07, 6.45) is 1.23. The molecule has 0 spiro atoms. The quantitative estimate of drug-likeness (QED) is 0.110. The first-order valence-corrected chi connectivity index (χ1v) is 13.2. The lowest BCUT2D eigenvalue weighted by molar-refractivity contribution is -0.143. The second-order valence-electron chi connectivity index (χ2n) is 9.42. The van der Waals surface area contributed by atoms with Gasteiger partial charge in [-0.2, -0.15) is 12.6 Å². The summed E-state index contributed by atoms with van der Waals surface area (Å²) in [5.41, 5.74) is 13.4. The Morgan fingerprint density at radius 1 is 0.854 bits per heavy atom. The van der Waals surface area contributed by atoms with Gasteiger partial charge in [0.2, 0.25) is 23.6 Å². The van der Waals surface area contributed by atoms with Gasteiger partial charge in [0, 0.05) is 29.3 Å². The Morgan fingerprint density at radius 2 is 1.46 bits per heavy atom. The molecular weight excluding hydrogens is 552 g/mol. The molecule has 41 heavy (non-hydrogen) atoms. The number of benzene rings is 2. The number of aromatic nitrogens is 1. The van der Waals surface area contributed by atoms with E-state index in [4.69, 9.17) is 11.5 Å². The maximum atomic E-state index is 13.4. The molecule has 4 amide bonds. The molecule has 0 saturated heterocycles. The minimum atomic E-state index is -1.60. The Kier molecular flexibility index (Phi) is 10.7. The zero-order valence-corrected chi connectivity index (χ0v) is 22.8. The molecule has 1 aromatic heterocycles. The average Bonchev–Trinajstić information content (AvgIpc) is 3.34. The van der Waals surface area contributed by atoms with Crippen molar-refractivity contribution in [2.75, 3.05) is 5.75 Å². The van der Waals surface area contributed by atoms with E-state index in [0.717, 1.165) is 10.9 Å². The highest BCUT2D eigenvalue weighted by molar-refractivity contribution is 7.80. The number of aliphatic carboxylic acids is 1. The Balaban J connectivity index is 1.78. The molecule has 3 aromatic rings. The number of nitrogens with two attached hydrogens (primary N) is 2. The number of carboxylic acid groups (broad SMARTS) is 1. The summed E-state index contributed by atoms with van der Waals surface area (Å²) in [5, 5.41) is 26.9. The molecule has 2 aromatic carbocycles. The summed E-state index contributed by atoms with van der Waals surface area (Å²) >= 11 is 4.10. The number of thiol groups is 1. The first-order valence-electron chi connectivity index (χ1n) is 12.6. The number of hydrogen-bond acceptors (Lipinski definition) is 8. The molecule has 0 aliphatic heterocycles. The number of primary amides is 1. The molecule has 218 valence electrons. The molecule has 14 heteroatoms. The van der Waals surface area contributed by atoms with Crippen molar-refractivity contribution in [2.45, 2.75) is 43.4 Å². The number of aromatic amines is 1. The Morgan fingerprint density at radius 3 is 2.10 bits per heavy atom. The van der Waals surface area contributed by atoms with Gasteiger partial charge in [-0.3, -0.25) is 19.2 Å². The predicted octanol–water partition coefficient (Wildman–Crippen LogP) is -0.670. The molecule has 0 aliphatic rings. The van der Waals surface area contributed by atoms with Gasteiger partial charge in [-0.05, 0) is 35.7 Å². The van der Waals surface area contributed by atoms with Gasteiger partial charge in [-0.15, -0.1) is 0 Å². The lowest BCUT2D eigenvalue weighted by Crippen LogP contribution is -2.58. The van der Waals surface area contributed by atoms with Crippen LogP contribution >= 0.6 is 12.6 Å². The predicted molar refractivity (Wildman–Crippen MR) is 153 cm³/mol. The van der Waals surface area contributed by atoms with Gasteiger partial charge in [0.1, 0.15) is 23.9 Å². The van der Waals surface area contributed by atoms with Crippen molar-refractivity contribution < 1.29 is 34.2 Å². The number of carboxylic acids is 1. The number of phenols is 1. The van der Waals surface area contributed by atoms with Crippen molar-refractivity contribution in [3.05, 3.63) is 65.9 Å². The van der Waals surface area contributed by atoms with Crippen molar-refractivity contribution in [1.82, 2.24) is 20.9 Å². The normalized spacial score (nSPS) is 13.9. The highest BCUT2D eigenvalue weighted by Crippen LogP contribution is 2.19. The Hall–Kier alpha value is -4.56. The van der Waals surface area contributed by atoms with E-state index in [9.17, 15) is 34.2 Å². The number of rotatable bonds is 14. The van der Waals surface area contributed by atoms with E-state index in [0.29, 0.717) is 11.1 Å². The first-order chi connectivity index (χ1) is 19.5. The van der Waals surface area contributed by atoms with E-state index < -0.39 is 60.2 Å². The minimum Gasteiger partial charge on any atom is -0.508 e. The standard InChI is InChI=1S/C27H32N6O7S/c28-18(9-14-5-7-16(34)8-6-14)24(36)31-20(10-15-12-30-19-4-2-1-3-17(15)19)25(37)33-22(13-41)26(38)32-21(27(39)40)11-23(29)35/h1-8,12,18,20-22,30,34,41H,9-11,13,28H2,(H2,29,35)(H,31,36)(H,32,38)(H,33,37)(H,39,40). The fraction of sp³-hybridized carbons (Fsp3) is 0.296. The van der Waals surface area contributed by atoms with E-state index in [1.54, 1.807) is 18.3 Å². The molecule has 0 bridgehead atoms. The van der Waals surface area contributed by atoms with E-state index in [-0.39, 0.29) is 24.3 Å². The number of hydrogen-bond donors (Lipinski definition) is 9. The first kappa shape index (κ1) is 31.0. The summed E-state index contributed by atoms with van der Waals surface area (Å²) in [5.74, 6) is -4.83. The van der Waals surface area contributed by atoms with Crippen molar-refractivity contribution in [2.24, 2.45) is 11.5 Å². The zero-order chi connectivity index (χ0) is 30.1. The van der Waals surface area contributed by atoms with Gasteiger partial charge in [0.05, 0.1) is 12.5 Å². The maximum Gasteiger partial charge on any atom is 0.326 e. The summed E-state index contributed by atoms with van der Waals surface area (Å²) < 4.78 is 0. The fourth-order valence-electron chi connectivity index (χ4n) is 4.13. The number of H-pyrrole nitrogens is 1. The van der Waals surface area contributed by atoms with Crippen LogP contribution in [0.4, 0.5) is 0 Å². The van der Waals surface area contributed by atoms with E-state index in [1.807, 2.05) is 24.3 Å². The fourth-order valence-corrected chi connectivity index (χ4v) is 4.38. The molecule has 1 heterocycles. The van der Waals surface area contributed by atoms with E-state index in [1.165, 1.54) is 12.1 Å². The van der Waals surface area contributed by atoms with Crippen LogP contribution in [0.2, 0.25) is 0 Å². The van der Waals surface area contributed by atoms with Gasteiger partial charge in [0.15, 0.2) is 0 Å². The number of fused-ring (bicyclic) bond motifs is 1. The molecule has 0 radical (unpaired) electrons. The van der Waals surface area contributed by atoms with Gasteiger partial charge >= 0.3 is 5.97 Å². The molecule has 4 atom stereocenters. The summed E-state index contributed by atoms with van der Waals surface area (Å²) in [6.45, 7) is 0. The van der Waals surface area contributed by atoms with Crippen LogP contribution in [-0.2, 0) is 36.8 Å². The van der Waals surface area contributed by atoms with Crippen molar-refractivity contribution in [3.63, 3.8) is 0 Å². The summed E-state index contributed by atoms with van der Waals surface area (Å²) in [7, 11) is 0. The van der Waals surface area contributed by atoms with Crippen molar-refractivity contribution >= 4 is 53.1 Å². The highest BCUT2D eigenvalue weighted by atomic mass is 32.1. The number of nitrogens with one attached hydrogen (secondary N) is 4. The zero-order valence-electron chi connectivity index (χ0n) is 21.9. The van der Waals surface area contributed by atoms with Crippen LogP contribution in [0.1, 0.15) is 17.5 Å². The largest absolute Gasteiger partial charge is 0.508 e. The van der Waals surface area contributed by atoms with Gasteiger partial charge < -0.3 is 42.6 Å². The second-order valence-corrected chi connectivity index (χ2v) is 9.78. The minimum absolute atomic E-state index is 0.0356. The van der Waals surface area contributed by atoms with Crippen LogP contribution in [0.25, 0.3) is 10.9 Å². The third-order valence-electron chi connectivity index (χ3n) is 6.30. The number of aromatic hydroxyl groups is 1. The second kappa shape index (κ2) is 14.2. The van der Waals surface area contributed by atoms with Crippen LogP contribution in [0.3, 0.4) is 0 Å². The number of carbonyl (C=O) groups is 5. The van der Waals surface area contributed by atoms with Gasteiger partial charge in [0.25, 0.3) is 0 Å². The topological polar surface area (TPSA) is 230 Å². The lowest BCUT2D eigenvalue weighted by Gasteiger charge is -2.24. The molecule has 13 nitrogen and oxygen atoms in total. The monoisotopic (exact) mass is 584 g/mol. The number of para-hydroxylation sites is 1. The molecule has 0 aliphatic carbocycles. The van der Waals surface area contributed by atoms with Crippen LogP contribution in [-0.4, -0.2) is 74.7 Å². The van der Waals surface area contributed by atoms with Crippen LogP contribution in [0, 0.1) is 0 Å². The summed E-state index contributed by atoms with van der Waals surface area (Å²) in [6, 6.07) is 8.44. The SMILES string of the molecule is NC(=O)CC(NC(=O)C(CS)NC(=O)C(Cc1c[nH]c2ccccc12)NC(=O)C(N)Cc1ccc(O)cc1)C(=O)O. The smallest absolute Gasteiger partial charge is 0.326 e. The van der Waals surface area contributed by atoms with Crippen LogP contribution in [0.5, 0.6) is 5.75 Å². The lowest BCUT2D eigenvalue weighted by atomic mass is 10.0. The molecular formula is C27H32N6O7S. The molecule has 0 fully saturated rings. The number of phenolic OH excluding ortho intramolecular Hbond substituents is 1. The molecule has 0 saturated carbocycles. The summed E-state index contributed by atoms with van der Waals surface area (Å²) in [4.78, 5) is 65.0. The third kappa shape index (κ3) is 8.71. The number of carbonyl (C=O) groups excluding carboxylic acids is 4. The van der Waals surface area contributed by atoms with Crippen molar-refractivity contribution in [1.29, 1.82) is 0 Å². The molecule has 10 N–H and O–H groups in total. The van der Waals surface area contributed by atoms with E-state index >= 15 is 0 Å². The highest BCUT2D eigenvalue weighted by Gasteiger charge is 2.31. The average molecular weight is 585 g/mol. The third-order valence-corrected chi connectivity index (χ3v) is 6.66. The van der Waals surface area contributed by atoms with Crippen LogP contribution < -0.4 is 27.4 Å². The van der Waals surface area contributed by atoms with Gasteiger partial charge in [-0.1, -0.05) is 30.3 Å². The van der Waals surface area contributed by atoms with Crippen molar-refractivity contribution in [3.8, 4) is 5.75 Å².